The number of Topliss-reactive ketones (excluding diaryl/α,β-unsaturated/α-hetero) is 1. The van der Waals surface area contributed by atoms with Crippen molar-refractivity contribution in [3.8, 4) is 0 Å². The molecule has 0 saturated heterocycles. The highest BCUT2D eigenvalue weighted by molar-refractivity contribution is 6.63. The largest absolute Gasteiger partial charge is 0.461 e. The van der Waals surface area contributed by atoms with Gasteiger partial charge in [0.2, 0.25) is 5.71 Å². The highest BCUT2D eigenvalue weighted by Gasteiger charge is 2.43. The van der Waals surface area contributed by atoms with Gasteiger partial charge in [0.05, 0.1) is 6.61 Å². The van der Waals surface area contributed by atoms with Gasteiger partial charge >= 0.3 is 5.97 Å². The monoisotopic (exact) mass is 267 g/mol. The Morgan fingerprint density at radius 1 is 1.21 bits per heavy atom. The van der Waals surface area contributed by atoms with Gasteiger partial charge in [0, 0.05) is 6.92 Å². The average molecular weight is 267 g/mol. The van der Waals surface area contributed by atoms with Gasteiger partial charge in [0.15, 0.2) is 5.78 Å². The van der Waals surface area contributed by atoms with Crippen molar-refractivity contribution in [1.82, 2.24) is 0 Å². The van der Waals surface area contributed by atoms with Crippen LogP contribution in [-0.4, -0.2) is 29.7 Å². The van der Waals surface area contributed by atoms with Crippen LogP contribution in [0.1, 0.15) is 52.4 Å². The van der Waals surface area contributed by atoms with Gasteiger partial charge in [0.25, 0.3) is 0 Å². The molecule has 0 spiro atoms. The summed E-state index contributed by atoms with van der Waals surface area (Å²) in [6, 6.07) is 0. The SMILES string of the molecule is CCOC(=O)/C(=N/OC12CCC(CC1)CC2)C(C)=O. The molecule has 0 heterocycles. The van der Waals surface area contributed by atoms with E-state index in [1.54, 1.807) is 6.92 Å². The van der Waals surface area contributed by atoms with Crippen LogP contribution in [0.4, 0.5) is 0 Å². The minimum Gasteiger partial charge on any atom is -0.461 e. The molecule has 0 unspecified atom stereocenters. The normalized spacial score (nSPS) is 30.0. The van der Waals surface area contributed by atoms with E-state index in [0.717, 1.165) is 44.4 Å². The van der Waals surface area contributed by atoms with Gasteiger partial charge in [0.1, 0.15) is 5.60 Å². The smallest absolute Gasteiger partial charge is 0.364 e. The summed E-state index contributed by atoms with van der Waals surface area (Å²) in [6.07, 6.45) is 6.37. The third-order valence-electron chi connectivity index (χ3n) is 4.16. The summed E-state index contributed by atoms with van der Waals surface area (Å²) in [6.45, 7) is 3.21. The molecule has 0 aromatic carbocycles. The van der Waals surface area contributed by atoms with Crippen LogP contribution in [0.2, 0.25) is 0 Å². The fourth-order valence-electron chi connectivity index (χ4n) is 2.93. The molecule has 0 radical (unpaired) electrons. The Hall–Kier alpha value is -1.39. The summed E-state index contributed by atoms with van der Waals surface area (Å²) in [4.78, 5) is 28.6. The van der Waals surface area contributed by atoms with E-state index in [-0.39, 0.29) is 17.9 Å². The topological polar surface area (TPSA) is 65.0 Å². The van der Waals surface area contributed by atoms with Crippen LogP contribution in [0.5, 0.6) is 0 Å². The molecule has 0 atom stereocenters. The van der Waals surface area contributed by atoms with Crippen LogP contribution in [0.15, 0.2) is 5.16 Å². The molecule has 3 aliphatic rings. The fraction of sp³-hybridized carbons (Fsp3) is 0.786. The molecule has 106 valence electrons. The second-order valence-corrected chi connectivity index (χ2v) is 5.47. The number of nitrogens with zero attached hydrogens (tertiary/aromatic N) is 1. The number of esters is 1. The Kier molecular flexibility index (Phi) is 4.22. The Bertz CT molecular complexity index is 380. The van der Waals surface area contributed by atoms with Gasteiger partial charge in [-0.05, 0) is 51.4 Å². The quantitative estimate of drug-likeness (QED) is 0.331. The van der Waals surface area contributed by atoms with Gasteiger partial charge < -0.3 is 9.57 Å². The van der Waals surface area contributed by atoms with Crippen molar-refractivity contribution in [3.63, 3.8) is 0 Å². The Labute approximate surface area is 113 Å². The van der Waals surface area contributed by atoms with E-state index in [0.29, 0.717) is 0 Å². The molecular weight excluding hydrogens is 246 g/mol. The van der Waals surface area contributed by atoms with Crippen molar-refractivity contribution < 1.29 is 19.2 Å². The lowest BCUT2D eigenvalue weighted by Gasteiger charge is -2.44. The maximum absolute atomic E-state index is 11.6. The van der Waals surface area contributed by atoms with E-state index in [1.807, 2.05) is 0 Å². The maximum Gasteiger partial charge on any atom is 0.364 e. The minimum atomic E-state index is -0.698. The summed E-state index contributed by atoms with van der Waals surface area (Å²) in [7, 11) is 0. The van der Waals surface area contributed by atoms with Crippen LogP contribution in [0.3, 0.4) is 0 Å². The molecule has 3 aliphatic carbocycles. The van der Waals surface area contributed by atoms with Crippen LogP contribution >= 0.6 is 0 Å². The molecular formula is C14H21NO4. The van der Waals surface area contributed by atoms with Crippen LogP contribution < -0.4 is 0 Å². The number of ether oxygens (including phenoxy) is 1. The number of oxime groups is 1. The van der Waals surface area contributed by atoms with E-state index >= 15 is 0 Å². The maximum atomic E-state index is 11.6. The molecule has 0 aromatic heterocycles. The number of carbonyl (C=O) groups is 2. The van der Waals surface area contributed by atoms with Gasteiger partial charge in [-0.2, -0.15) is 0 Å². The second-order valence-electron chi connectivity index (χ2n) is 5.47. The zero-order valence-corrected chi connectivity index (χ0v) is 11.6. The first kappa shape index (κ1) is 14.0. The van der Waals surface area contributed by atoms with Crippen LogP contribution in [-0.2, 0) is 19.2 Å². The molecule has 3 fully saturated rings. The Balaban J connectivity index is 2.05. The number of carbonyl (C=O) groups excluding carboxylic acids is 2. The number of fused-ring (bicyclic) bond motifs is 3. The van der Waals surface area contributed by atoms with E-state index in [4.69, 9.17) is 9.57 Å². The van der Waals surface area contributed by atoms with Crippen molar-refractivity contribution in [2.24, 2.45) is 11.1 Å². The number of hydrogen-bond donors (Lipinski definition) is 0. The molecule has 19 heavy (non-hydrogen) atoms. The lowest BCUT2D eigenvalue weighted by atomic mass is 9.68. The van der Waals surface area contributed by atoms with E-state index in [9.17, 15) is 9.59 Å². The Morgan fingerprint density at radius 3 is 2.26 bits per heavy atom. The number of hydrogen-bond acceptors (Lipinski definition) is 5. The average Bonchev–Trinajstić information content (AvgIpc) is 2.41. The second kappa shape index (κ2) is 5.72. The molecule has 0 N–H and O–H groups in total. The van der Waals surface area contributed by atoms with Crippen LogP contribution in [0, 0.1) is 5.92 Å². The van der Waals surface area contributed by atoms with Crippen molar-refractivity contribution >= 4 is 17.5 Å². The summed E-state index contributed by atoms with van der Waals surface area (Å²) < 4.78 is 4.81. The van der Waals surface area contributed by atoms with E-state index in [1.165, 1.54) is 6.92 Å². The number of rotatable bonds is 5. The first-order valence-electron chi connectivity index (χ1n) is 7.00. The van der Waals surface area contributed by atoms with Gasteiger partial charge in [-0.15, -0.1) is 0 Å². The standard InChI is InChI=1S/C14H21NO4/c1-3-18-13(17)12(10(2)16)15-19-14-7-4-11(5-8-14)6-9-14/h11H,3-9H2,1-2H3/b15-12+. The number of ketones is 1. The molecule has 3 saturated carbocycles. The van der Waals surface area contributed by atoms with Crippen molar-refractivity contribution in [3.05, 3.63) is 0 Å². The molecule has 0 aliphatic heterocycles. The summed E-state index contributed by atoms with van der Waals surface area (Å²) in [5, 5.41) is 3.83. The van der Waals surface area contributed by atoms with Crippen LogP contribution in [0.25, 0.3) is 0 Å². The molecule has 0 amide bonds. The lowest BCUT2D eigenvalue weighted by molar-refractivity contribution is -0.137. The van der Waals surface area contributed by atoms with Crippen molar-refractivity contribution in [2.75, 3.05) is 6.61 Å². The third-order valence-corrected chi connectivity index (χ3v) is 4.16. The molecule has 2 bridgehead atoms. The minimum absolute atomic E-state index is 0.220. The van der Waals surface area contributed by atoms with E-state index in [2.05, 4.69) is 5.16 Å². The Morgan fingerprint density at radius 2 is 1.79 bits per heavy atom. The predicted octanol–water partition coefficient (Wildman–Crippen LogP) is 2.23. The first-order chi connectivity index (χ1) is 9.06. The van der Waals surface area contributed by atoms with Gasteiger partial charge in [-0.3, -0.25) is 4.79 Å². The van der Waals surface area contributed by atoms with E-state index < -0.39 is 11.8 Å². The lowest BCUT2D eigenvalue weighted by Crippen LogP contribution is -2.41. The zero-order valence-electron chi connectivity index (χ0n) is 11.6. The molecule has 5 nitrogen and oxygen atoms in total. The fourth-order valence-corrected chi connectivity index (χ4v) is 2.93. The van der Waals surface area contributed by atoms with Gasteiger partial charge in [-0.1, -0.05) is 5.16 Å². The third kappa shape index (κ3) is 3.14. The molecule has 3 rings (SSSR count). The van der Waals surface area contributed by atoms with Gasteiger partial charge in [-0.25, -0.2) is 4.79 Å². The molecule has 5 heteroatoms. The summed E-state index contributed by atoms with van der Waals surface area (Å²) >= 11 is 0. The zero-order chi connectivity index (χ0) is 13.9. The highest BCUT2D eigenvalue weighted by Crippen LogP contribution is 2.46. The highest BCUT2D eigenvalue weighted by atomic mass is 16.7. The molecule has 0 aromatic rings. The van der Waals surface area contributed by atoms with Crippen molar-refractivity contribution in [1.29, 1.82) is 0 Å². The van der Waals surface area contributed by atoms with Crippen molar-refractivity contribution in [2.45, 2.75) is 58.0 Å². The summed E-state index contributed by atoms with van der Waals surface area (Å²) in [5.74, 6) is -0.290. The first-order valence-corrected chi connectivity index (χ1v) is 7.00. The summed E-state index contributed by atoms with van der Waals surface area (Å²) in [5.41, 5.74) is -0.494. The predicted molar refractivity (Wildman–Crippen MR) is 69.8 cm³/mol.